The summed E-state index contributed by atoms with van der Waals surface area (Å²) in [5.74, 6) is -0.918. The highest BCUT2D eigenvalue weighted by molar-refractivity contribution is 6.05. The molecule has 2 aliphatic rings. The van der Waals surface area contributed by atoms with E-state index in [1.165, 1.54) is 0 Å². The van der Waals surface area contributed by atoms with E-state index in [1.54, 1.807) is 29.3 Å². The van der Waals surface area contributed by atoms with Crippen LogP contribution in [0.3, 0.4) is 0 Å². The number of hydrogen-bond acceptors (Lipinski definition) is 8. The van der Waals surface area contributed by atoms with Crippen molar-refractivity contribution in [3.8, 4) is 5.75 Å². The van der Waals surface area contributed by atoms with Crippen LogP contribution in [0.2, 0.25) is 0 Å². The first-order chi connectivity index (χ1) is 22.9. The number of ether oxygens (including phenoxy) is 2. The molecule has 0 bridgehead atoms. The van der Waals surface area contributed by atoms with Crippen LogP contribution in [0.15, 0.2) is 65.6 Å². The van der Waals surface area contributed by atoms with Crippen LogP contribution in [0.4, 0.5) is 25.2 Å². The van der Waals surface area contributed by atoms with Gasteiger partial charge < -0.3 is 25.0 Å². The Bertz CT molecular complexity index is 1750. The number of carbonyl (C=O) groups is 2. The predicted octanol–water partition coefficient (Wildman–Crippen LogP) is 7.61. The smallest absolute Gasteiger partial charge is 0.410 e. The van der Waals surface area contributed by atoms with Gasteiger partial charge in [-0.3, -0.25) is 4.79 Å². The van der Waals surface area contributed by atoms with Crippen molar-refractivity contribution in [2.24, 2.45) is 16.8 Å². The molecule has 2 amide bonds. The van der Waals surface area contributed by atoms with Crippen LogP contribution in [0.1, 0.15) is 58.2 Å². The van der Waals surface area contributed by atoms with Gasteiger partial charge in [0.25, 0.3) is 0 Å². The van der Waals surface area contributed by atoms with Gasteiger partial charge in [-0.15, -0.1) is 0 Å². The molecule has 1 aromatic heterocycles. The molecule has 2 heterocycles. The Morgan fingerprint density at radius 2 is 1.96 bits per heavy atom. The number of aromatic nitrogens is 2. The Kier molecular flexibility index (Phi) is 10.4. The zero-order valence-corrected chi connectivity index (χ0v) is 27.9. The number of anilines is 2. The molecule has 254 valence electrons. The van der Waals surface area contributed by atoms with Gasteiger partial charge in [-0.2, -0.15) is 0 Å². The number of aliphatic imine (C=N–C) groups is 1. The lowest BCUT2D eigenvalue weighted by Gasteiger charge is -2.34. The number of nitrogens with one attached hydrogen (secondary N) is 2. The first kappa shape index (κ1) is 34.5. The molecular formula is C36H42F2N6O4. The molecule has 1 aliphatic heterocycles. The van der Waals surface area contributed by atoms with Crippen LogP contribution >= 0.6 is 0 Å². The molecule has 48 heavy (non-hydrogen) atoms. The van der Waals surface area contributed by atoms with E-state index >= 15 is 0 Å². The van der Waals surface area contributed by atoms with Crippen molar-refractivity contribution in [3.05, 3.63) is 71.9 Å². The molecule has 1 saturated heterocycles. The lowest BCUT2D eigenvalue weighted by molar-refractivity contribution is -0.118. The second kappa shape index (κ2) is 14.5. The van der Waals surface area contributed by atoms with Gasteiger partial charge in [0.2, 0.25) is 24.2 Å². The van der Waals surface area contributed by atoms with Gasteiger partial charge in [0.05, 0.1) is 11.3 Å². The summed E-state index contributed by atoms with van der Waals surface area (Å²) >= 11 is 0. The molecule has 3 atom stereocenters. The van der Waals surface area contributed by atoms with E-state index in [0.717, 1.165) is 18.4 Å². The van der Waals surface area contributed by atoms with Gasteiger partial charge in [0.15, 0.2) is 0 Å². The minimum Gasteiger partial charge on any atom is -0.444 e. The number of aryl methyl sites for hydroxylation is 1. The van der Waals surface area contributed by atoms with Crippen molar-refractivity contribution in [3.63, 3.8) is 0 Å². The highest BCUT2D eigenvalue weighted by atomic mass is 19.3. The Hall–Kier alpha value is -4.87. The van der Waals surface area contributed by atoms with Crippen LogP contribution in [-0.4, -0.2) is 64.7 Å². The Balaban J connectivity index is 1.40. The van der Waals surface area contributed by atoms with Gasteiger partial charge in [0.1, 0.15) is 11.4 Å². The summed E-state index contributed by atoms with van der Waals surface area (Å²) in [5, 5.41) is 7.59. The van der Waals surface area contributed by atoms with Crippen molar-refractivity contribution >= 4 is 46.7 Å². The molecule has 5 rings (SSSR count). The third kappa shape index (κ3) is 8.15. The van der Waals surface area contributed by atoms with E-state index in [-0.39, 0.29) is 24.4 Å². The monoisotopic (exact) mass is 660 g/mol. The summed E-state index contributed by atoms with van der Waals surface area (Å²) in [6, 6.07) is 10.8. The fraction of sp³-hybridized carbons (Fsp3) is 0.417. The fourth-order valence-corrected chi connectivity index (χ4v) is 5.75. The van der Waals surface area contributed by atoms with Gasteiger partial charge in [-0.25, -0.2) is 28.5 Å². The lowest BCUT2D eigenvalue weighted by atomic mass is 10.0. The third-order valence-corrected chi connectivity index (χ3v) is 8.21. The summed E-state index contributed by atoms with van der Waals surface area (Å²) < 4.78 is 38.2. The minimum absolute atomic E-state index is 0.0712. The van der Waals surface area contributed by atoms with Crippen LogP contribution in [0, 0.1) is 18.8 Å². The van der Waals surface area contributed by atoms with E-state index < -0.39 is 29.8 Å². The number of carbonyl (C=O) groups excluding carboxylic acids is 2. The number of benzene rings is 2. The van der Waals surface area contributed by atoms with Crippen molar-refractivity contribution in [2.45, 2.75) is 71.9 Å². The summed E-state index contributed by atoms with van der Waals surface area (Å²) in [4.78, 5) is 40.5. The largest absolute Gasteiger partial charge is 0.444 e. The normalized spacial score (nSPS) is 20.0. The van der Waals surface area contributed by atoms with Crippen LogP contribution in [0.5, 0.6) is 5.75 Å². The van der Waals surface area contributed by atoms with E-state index in [1.807, 2.05) is 65.0 Å². The second-order valence-electron chi connectivity index (χ2n) is 13.1. The van der Waals surface area contributed by atoms with Crippen molar-refractivity contribution in [2.75, 3.05) is 23.7 Å². The average Bonchev–Trinajstić information content (AvgIpc) is 3.85. The number of rotatable bonds is 10. The number of allylic oxidation sites excluding steroid dienone is 3. The van der Waals surface area contributed by atoms with Gasteiger partial charge in [-0.1, -0.05) is 36.4 Å². The molecule has 0 unspecified atom stereocenters. The average molecular weight is 661 g/mol. The molecule has 0 radical (unpaired) electrons. The number of nitrogens with zero attached hydrogens (tertiary/aromatic N) is 4. The first-order valence-electron chi connectivity index (χ1n) is 16.1. The van der Waals surface area contributed by atoms with Crippen molar-refractivity contribution in [1.29, 1.82) is 0 Å². The first-order valence-corrected chi connectivity index (χ1v) is 16.1. The minimum atomic E-state index is -2.51. The van der Waals surface area contributed by atoms with Crippen molar-refractivity contribution in [1.82, 2.24) is 14.9 Å². The van der Waals surface area contributed by atoms with Gasteiger partial charge in [0, 0.05) is 53.6 Å². The Morgan fingerprint density at radius 1 is 1.17 bits per heavy atom. The Morgan fingerprint density at radius 3 is 2.65 bits per heavy atom. The molecule has 2 aromatic carbocycles. The summed E-state index contributed by atoms with van der Waals surface area (Å²) in [7, 11) is 0. The van der Waals surface area contributed by atoms with Crippen LogP contribution in [0.25, 0.3) is 16.3 Å². The van der Waals surface area contributed by atoms with Crippen molar-refractivity contribution < 1.29 is 27.8 Å². The lowest BCUT2D eigenvalue weighted by Crippen LogP contribution is -2.47. The predicted molar refractivity (Wildman–Crippen MR) is 183 cm³/mol. The molecule has 2 N–H and O–H groups in total. The molecule has 0 spiro atoms. The molecule has 1 aliphatic carbocycles. The SMILES string of the molecule is C=N/C(Oc1c(C)ccc2c(NC(=O)[C@@H]3C[C@H]3C(F)F)cccc12)=C(\C=C/C)c1ccnc(N[C@H]2CCCN(C(=O)OC(C)(C)C)C2)n1. The zero-order valence-electron chi connectivity index (χ0n) is 27.9. The highest BCUT2D eigenvalue weighted by Gasteiger charge is 2.49. The maximum Gasteiger partial charge on any atom is 0.410 e. The summed E-state index contributed by atoms with van der Waals surface area (Å²) in [6.45, 7) is 14.1. The quantitative estimate of drug-likeness (QED) is 0.131. The zero-order chi connectivity index (χ0) is 34.6. The highest BCUT2D eigenvalue weighted by Crippen LogP contribution is 2.44. The van der Waals surface area contributed by atoms with Gasteiger partial charge in [-0.05, 0) is 78.3 Å². The maximum atomic E-state index is 13.1. The fourth-order valence-electron chi connectivity index (χ4n) is 5.75. The van der Waals surface area contributed by atoms with Gasteiger partial charge >= 0.3 is 6.09 Å². The van der Waals surface area contributed by atoms with E-state index in [2.05, 4.69) is 27.3 Å². The number of piperidine rings is 1. The third-order valence-electron chi connectivity index (χ3n) is 8.21. The maximum absolute atomic E-state index is 13.1. The van der Waals surface area contributed by atoms with E-state index in [4.69, 9.17) is 14.5 Å². The molecule has 12 heteroatoms. The Labute approximate surface area is 279 Å². The molecule has 10 nitrogen and oxygen atoms in total. The second-order valence-corrected chi connectivity index (χ2v) is 13.1. The molecular weight excluding hydrogens is 618 g/mol. The van der Waals surface area contributed by atoms with Crippen LogP contribution < -0.4 is 15.4 Å². The number of likely N-dealkylation sites (tertiary alicyclic amines) is 1. The number of hydrogen-bond donors (Lipinski definition) is 2. The van der Waals surface area contributed by atoms with E-state index in [9.17, 15) is 18.4 Å². The number of amides is 2. The number of halogens is 2. The summed E-state index contributed by atoms with van der Waals surface area (Å²) in [5.41, 5.74) is 1.84. The molecule has 1 saturated carbocycles. The number of alkyl halides is 2. The summed E-state index contributed by atoms with van der Waals surface area (Å²) in [6.07, 6.45) is 4.27. The topological polar surface area (TPSA) is 118 Å². The standard InChI is InChI=1S/C36H42F2N6O4/c1-7-10-25(29-16-17-40-34(43-29)41-22-11-9-18-44(20-22)35(46)48-36(3,4)5)33(39-6)47-30-21(2)14-15-23-24(30)12-8-13-28(23)42-32(45)27-19-26(27)31(37)38/h7-8,10,12-17,22,26-27,31H,6,9,11,18-20H2,1-5H3,(H,42,45)(H,40,41,43)/b10-7-,33-25-/t22-,26+,27+/m0/s1. The number of fused-ring (bicyclic) bond motifs is 1. The molecule has 2 fully saturated rings. The van der Waals surface area contributed by atoms with Crippen LogP contribution in [-0.2, 0) is 9.53 Å². The van der Waals surface area contributed by atoms with E-state index in [0.29, 0.717) is 52.5 Å². The molecule has 3 aromatic rings.